The van der Waals surface area contributed by atoms with Crippen molar-refractivity contribution in [3.05, 3.63) is 0 Å². The zero-order valence-electron chi connectivity index (χ0n) is 9.23. The second-order valence-electron chi connectivity index (χ2n) is 4.98. The SMILES string of the molecule is C(CNCCC1CC1)CC1CCNC1. The van der Waals surface area contributed by atoms with Gasteiger partial charge in [0, 0.05) is 0 Å². The highest BCUT2D eigenvalue weighted by atomic mass is 14.9. The molecule has 1 aliphatic heterocycles. The molecule has 0 radical (unpaired) electrons. The first-order chi connectivity index (χ1) is 6.95. The Morgan fingerprint density at radius 3 is 2.64 bits per heavy atom. The maximum absolute atomic E-state index is 3.56. The quantitative estimate of drug-likeness (QED) is 0.606. The predicted octanol–water partition coefficient (Wildman–Crippen LogP) is 1.77. The lowest BCUT2D eigenvalue weighted by Crippen LogP contribution is -2.18. The summed E-state index contributed by atoms with van der Waals surface area (Å²) in [6, 6.07) is 0. The minimum absolute atomic E-state index is 0.972. The van der Waals surface area contributed by atoms with Crippen molar-refractivity contribution in [2.45, 2.75) is 38.5 Å². The van der Waals surface area contributed by atoms with Gasteiger partial charge in [-0.2, -0.15) is 0 Å². The third-order valence-electron chi connectivity index (χ3n) is 3.55. The molecule has 82 valence electrons. The molecule has 1 saturated carbocycles. The highest BCUT2D eigenvalue weighted by Gasteiger charge is 2.19. The molecule has 1 unspecified atom stereocenters. The van der Waals surface area contributed by atoms with Crippen molar-refractivity contribution in [3.63, 3.8) is 0 Å². The average molecular weight is 196 g/mol. The van der Waals surface area contributed by atoms with Crippen LogP contribution in [-0.4, -0.2) is 26.2 Å². The molecule has 0 aromatic carbocycles. The van der Waals surface area contributed by atoms with Crippen LogP contribution in [0, 0.1) is 11.8 Å². The molecule has 2 aliphatic rings. The molecule has 1 atom stereocenters. The molecule has 2 nitrogen and oxygen atoms in total. The molecule has 0 aromatic rings. The van der Waals surface area contributed by atoms with Gasteiger partial charge in [-0.15, -0.1) is 0 Å². The van der Waals surface area contributed by atoms with Crippen LogP contribution >= 0.6 is 0 Å². The third-order valence-corrected chi connectivity index (χ3v) is 3.55. The van der Waals surface area contributed by atoms with E-state index in [4.69, 9.17) is 0 Å². The van der Waals surface area contributed by atoms with E-state index < -0.39 is 0 Å². The molecule has 0 bridgehead atoms. The van der Waals surface area contributed by atoms with E-state index in [1.165, 1.54) is 64.7 Å². The van der Waals surface area contributed by atoms with Gasteiger partial charge in [-0.1, -0.05) is 12.8 Å². The van der Waals surface area contributed by atoms with Gasteiger partial charge in [-0.3, -0.25) is 0 Å². The van der Waals surface area contributed by atoms with Gasteiger partial charge in [-0.05, 0) is 63.7 Å². The standard InChI is InChI=1S/C12H24N2/c1(2-12-6-9-14-10-12)7-13-8-5-11-3-4-11/h11-14H,1-10H2. The second kappa shape index (κ2) is 5.72. The summed E-state index contributed by atoms with van der Waals surface area (Å²) in [4.78, 5) is 0. The minimum atomic E-state index is 0.972. The second-order valence-corrected chi connectivity index (χ2v) is 4.98. The molecule has 1 saturated heterocycles. The average Bonchev–Trinajstić information content (AvgIpc) is 2.87. The first-order valence-corrected chi connectivity index (χ1v) is 6.36. The van der Waals surface area contributed by atoms with Crippen molar-refractivity contribution >= 4 is 0 Å². The van der Waals surface area contributed by atoms with E-state index in [0.717, 1.165) is 11.8 Å². The highest BCUT2D eigenvalue weighted by Crippen LogP contribution is 2.31. The summed E-state index contributed by atoms with van der Waals surface area (Å²) in [6.07, 6.45) is 8.61. The number of rotatable bonds is 7. The van der Waals surface area contributed by atoms with Crippen molar-refractivity contribution < 1.29 is 0 Å². The van der Waals surface area contributed by atoms with E-state index in [1.54, 1.807) is 0 Å². The molecule has 2 fully saturated rings. The zero-order chi connectivity index (χ0) is 9.64. The first-order valence-electron chi connectivity index (χ1n) is 6.36. The summed E-state index contributed by atoms with van der Waals surface area (Å²) in [5.41, 5.74) is 0. The molecular formula is C12H24N2. The van der Waals surface area contributed by atoms with Crippen molar-refractivity contribution in [2.75, 3.05) is 26.2 Å². The van der Waals surface area contributed by atoms with E-state index in [9.17, 15) is 0 Å². The summed E-state index contributed by atoms with van der Waals surface area (Å²) < 4.78 is 0. The Bertz CT molecular complexity index is 148. The van der Waals surface area contributed by atoms with E-state index in [0.29, 0.717) is 0 Å². The van der Waals surface area contributed by atoms with Crippen molar-refractivity contribution in [1.82, 2.24) is 10.6 Å². The highest BCUT2D eigenvalue weighted by molar-refractivity contribution is 4.74. The van der Waals surface area contributed by atoms with Crippen LogP contribution in [0.2, 0.25) is 0 Å². The Kier molecular flexibility index (Phi) is 4.26. The van der Waals surface area contributed by atoms with Gasteiger partial charge in [0.05, 0.1) is 0 Å². The van der Waals surface area contributed by atoms with Crippen LogP contribution < -0.4 is 10.6 Å². The Morgan fingerprint density at radius 2 is 1.93 bits per heavy atom. The Labute approximate surface area is 87.8 Å². The lowest BCUT2D eigenvalue weighted by atomic mass is 10.0. The van der Waals surface area contributed by atoms with E-state index in [1.807, 2.05) is 0 Å². The molecular weight excluding hydrogens is 172 g/mol. The summed E-state index contributed by atoms with van der Waals surface area (Å²) in [5.74, 6) is 2.06. The number of hydrogen-bond acceptors (Lipinski definition) is 2. The number of nitrogens with one attached hydrogen (secondary N) is 2. The Morgan fingerprint density at radius 1 is 1.00 bits per heavy atom. The van der Waals surface area contributed by atoms with Crippen LogP contribution in [-0.2, 0) is 0 Å². The van der Waals surface area contributed by atoms with Gasteiger partial charge in [0.15, 0.2) is 0 Å². The zero-order valence-corrected chi connectivity index (χ0v) is 9.23. The van der Waals surface area contributed by atoms with E-state index >= 15 is 0 Å². The molecule has 14 heavy (non-hydrogen) atoms. The fraction of sp³-hybridized carbons (Fsp3) is 1.00. The van der Waals surface area contributed by atoms with Crippen LogP contribution in [0.4, 0.5) is 0 Å². The van der Waals surface area contributed by atoms with E-state index in [2.05, 4.69) is 10.6 Å². The van der Waals surface area contributed by atoms with Gasteiger partial charge >= 0.3 is 0 Å². The predicted molar refractivity (Wildman–Crippen MR) is 60.4 cm³/mol. The monoisotopic (exact) mass is 196 g/mol. The first kappa shape index (κ1) is 10.4. The molecule has 2 rings (SSSR count). The van der Waals surface area contributed by atoms with Gasteiger partial charge in [0.25, 0.3) is 0 Å². The Hall–Kier alpha value is -0.0800. The molecule has 0 amide bonds. The summed E-state index contributed by atoms with van der Waals surface area (Å²) >= 11 is 0. The summed E-state index contributed by atoms with van der Waals surface area (Å²) in [5, 5.41) is 6.99. The maximum Gasteiger partial charge on any atom is -0.00200 e. The molecule has 1 aliphatic carbocycles. The normalized spacial score (nSPS) is 27.0. The third kappa shape index (κ3) is 3.97. The topological polar surface area (TPSA) is 24.1 Å². The van der Waals surface area contributed by atoms with E-state index in [-0.39, 0.29) is 0 Å². The smallest absolute Gasteiger partial charge is 0.00200 e. The fourth-order valence-corrected chi connectivity index (χ4v) is 2.31. The van der Waals surface area contributed by atoms with Crippen LogP contribution in [0.15, 0.2) is 0 Å². The van der Waals surface area contributed by atoms with Crippen LogP contribution in [0.25, 0.3) is 0 Å². The fourth-order valence-electron chi connectivity index (χ4n) is 2.31. The summed E-state index contributed by atoms with van der Waals surface area (Å²) in [7, 11) is 0. The van der Waals surface area contributed by atoms with Gasteiger partial charge in [0.2, 0.25) is 0 Å². The van der Waals surface area contributed by atoms with Crippen LogP contribution in [0.5, 0.6) is 0 Å². The molecule has 2 N–H and O–H groups in total. The van der Waals surface area contributed by atoms with Crippen molar-refractivity contribution in [2.24, 2.45) is 11.8 Å². The lowest BCUT2D eigenvalue weighted by molar-refractivity contribution is 0.488. The van der Waals surface area contributed by atoms with Crippen LogP contribution in [0.3, 0.4) is 0 Å². The van der Waals surface area contributed by atoms with Crippen LogP contribution in [0.1, 0.15) is 38.5 Å². The Balaban J connectivity index is 1.35. The lowest BCUT2D eigenvalue weighted by Gasteiger charge is -2.08. The number of hydrogen-bond donors (Lipinski definition) is 2. The molecule has 2 heteroatoms. The largest absolute Gasteiger partial charge is 0.317 e. The maximum atomic E-state index is 3.56. The molecule has 0 aromatic heterocycles. The molecule has 0 spiro atoms. The molecule has 1 heterocycles. The van der Waals surface area contributed by atoms with Gasteiger partial charge in [0.1, 0.15) is 0 Å². The van der Waals surface area contributed by atoms with Crippen molar-refractivity contribution in [3.8, 4) is 0 Å². The summed E-state index contributed by atoms with van der Waals surface area (Å²) in [6.45, 7) is 5.01. The minimum Gasteiger partial charge on any atom is -0.317 e. The van der Waals surface area contributed by atoms with Crippen molar-refractivity contribution in [1.29, 1.82) is 0 Å². The van der Waals surface area contributed by atoms with Gasteiger partial charge in [-0.25, -0.2) is 0 Å². The van der Waals surface area contributed by atoms with Gasteiger partial charge < -0.3 is 10.6 Å².